The van der Waals surface area contributed by atoms with E-state index in [1.165, 1.54) is 39.0 Å². The van der Waals surface area contributed by atoms with E-state index in [9.17, 15) is 9.59 Å². The van der Waals surface area contributed by atoms with E-state index in [0.717, 1.165) is 37.5 Å². The maximum atomic E-state index is 12.1. The van der Waals surface area contributed by atoms with Crippen LogP contribution in [0.2, 0.25) is 0 Å². The van der Waals surface area contributed by atoms with Crippen molar-refractivity contribution in [2.75, 3.05) is 0 Å². The third-order valence-corrected chi connectivity index (χ3v) is 8.52. The molecule has 4 aliphatic carbocycles. The lowest BCUT2D eigenvalue weighted by Gasteiger charge is -2.60. The Balaban J connectivity index is 1.54. The van der Waals surface area contributed by atoms with Gasteiger partial charge in [-0.2, -0.15) is 0 Å². The minimum atomic E-state index is -0.129. The van der Waals surface area contributed by atoms with Crippen molar-refractivity contribution in [2.24, 2.45) is 34.5 Å². The molecule has 0 aromatic carbocycles. The molecule has 3 nitrogen and oxygen atoms in total. The third kappa shape index (κ3) is 2.45. The lowest BCUT2D eigenvalue weighted by molar-refractivity contribution is -0.159. The van der Waals surface area contributed by atoms with Gasteiger partial charge in [-0.25, -0.2) is 0 Å². The number of hydrogen-bond donors (Lipinski definition) is 0. The van der Waals surface area contributed by atoms with E-state index in [2.05, 4.69) is 13.8 Å². The van der Waals surface area contributed by atoms with E-state index in [4.69, 9.17) is 4.74 Å². The van der Waals surface area contributed by atoms with Crippen LogP contribution in [0.1, 0.15) is 78.6 Å². The fraction of sp³-hybridized carbons (Fsp3) is 0.905. The minimum absolute atomic E-state index is 0.129. The van der Waals surface area contributed by atoms with E-state index in [0.29, 0.717) is 23.0 Å². The van der Waals surface area contributed by atoms with Crippen LogP contribution in [0.25, 0.3) is 0 Å². The lowest BCUT2D eigenvalue weighted by atomic mass is 9.45. The summed E-state index contributed by atoms with van der Waals surface area (Å²) >= 11 is 0. The number of ether oxygens (including phenoxy) is 1. The summed E-state index contributed by atoms with van der Waals surface area (Å²) in [4.78, 5) is 23.5. The number of carbonyl (C=O) groups is 2. The van der Waals surface area contributed by atoms with Gasteiger partial charge in [-0.3, -0.25) is 9.59 Å². The largest absolute Gasteiger partial charge is 0.463 e. The molecule has 0 aromatic rings. The van der Waals surface area contributed by atoms with Gasteiger partial charge in [-0.05, 0) is 79.4 Å². The van der Waals surface area contributed by atoms with E-state index in [-0.39, 0.29) is 17.5 Å². The maximum Gasteiger partial charge on any atom is 0.302 e. The van der Waals surface area contributed by atoms with Crippen LogP contribution < -0.4 is 0 Å². The topological polar surface area (TPSA) is 43.4 Å². The van der Waals surface area contributed by atoms with E-state index in [1.807, 2.05) is 0 Å². The normalized spacial score (nSPS) is 50.6. The molecule has 4 rings (SSSR count). The van der Waals surface area contributed by atoms with Crippen LogP contribution in [0.3, 0.4) is 0 Å². The number of Topliss-reactive ketones (excluding diaryl/α,β-unsaturated/α-hetero) is 1. The van der Waals surface area contributed by atoms with Gasteiger partial charge in [-0.15, -0.1) is 0 Å². The molecule has 0 heterocycles. The SMILES string of the molecule is CC(=O)OC1CCC2(C)C3CCC4(C)CC(=O)CC4C3CC[C@H]2C1. The van der Waals surface area contributed by atoms with Gasteiger partial charge in [0.2, 0.25) is 0 Å². The summed E-state index contributed by atoms with van der Waals surface area (Å²) in [7, 11) is 0. The summed E-state index contributed by atoms with van der Waals surface area (Å²) in [5, 5.41) is 0. The van der Waals surface area contributed by atoms with Crippen molar-refractivity contribution in [3.8, 4) is 0 Å². The highest BCUT2D eigenvalue weighted by molar-refractivity contribution is 5.82. The number of ketones is 1. The molecule has 7 atom stereocenters. The Bertz CT molecular complexity index is 555. The maximum absolute atomic E-state index is 12.1. The van der Waals surface area contributed by atoms with Crippen LogP contribution in [0.5, 0.6) is 0 Å². The van der Waals surface area contributed by atoms with Gasteiger partial charge in [0.15, 0.2) is 0 Å². The minimum Gasteiger partial charge on any atom is -0.463 e. The van der Waals surface area contributed by atoms with Gasteiger partial charge in [0.1, 0.15) is 11.9 Å². The van der Waals surface area contributed by atoms with Crippen molar-refractivity contribution in [1.82, 2.24) is 0 Å². The van der Waals surface area contributed by atoms with Gasteiger partial charge < -0.3 is 4.74 Å². The Hall–Kier alpha value is -0.860. The van der Waals surface area contributed by atoms with Crippen LogP contribution in [-0.4, -0.2) is 17.9 Å². The molecule has 0 saturated heterocycles. The zero-order valence-corrected chi connectivity index (χ0v) is 15.5. The predicted octanol–water partition coefficient (Wildman–Crippen LogP) is 4.53. The van der Waals surface area contributed by atoms with E-state index in [1.54, 1.807) is 0 Å². The number of rotatable bonds is 1. The molecule has 6 unspecified atom stereocenters. The molecule has 4 fully saturated rings. The first kappa shape index (κ1) is 16.6. The summed E-state index contributed by atoms with van der Waals surface area (Å²) in [5.74, 6) is 3.23. The van der Waals surface area contributed by atoms with Crippen LogP contribution in [0, 0.1) is 34.5 Å². The fourth-order valence-electron chi connectivity index (χ4n) is 7.34. The molecule has 4 saturated carbocycles. The Kier molecular flexibility index (Phi) is 3.85. The first-order valence-electron chi connectivity index (χ1n) is 10.0. The fourth-order valence-corrected chi connectivity index (χ4v) is 7.34. The first-order chi connectivity index (χ1) is 11.3. The van der Waals surface area contributed by atoms with Gasteiger partial charge in [0.25, 0.3) is 0 Å². The first-order valence-corrected chi connectivity index (χ1v) is 10.0. The van der Waals surface area contributed by atoms with Crippen molar-refractivity contribution in [3.05, 3.63) is 0 Å². The van der Waals surface area contributed by atoms with Gasteiger partial charge in [-0.1, -0.05) is 13.8 Å². The van der Waals surface area contributed by atoms with E-state index >= 15 is 0 Å². The standard InChI is InChI=1S/C21H32O3/c1-13(22)24-16-6-9-21(3)14(10-16)4-5-17-18(21)7-8-20(2)12-15(23)11-19(17)20/h14,16-19H,4-12H2,1-3H3/t14-,16?,17?,18?,19?,20?,21?/m0/s1. The molecule has 0 aromatic heterocycles. The van der Waals surface area contributed by atoms with Crippen molar-refractivity contribution in [2.45, 2.75) is 84.7 Å². The monoisotopic (exact) mass is 332 g/mol. The van der Waals surface area contributed by atoms with Crippen LogP contribution >= 0.6 is 0 Å². The van der Waals surface area contributed by atoms with Gasteiger partial charge in [0, 0.05) is 19.8 Å². The van der Waals surface area contributed by atoms with Crippen LogP contribution in [0.15, 0.2) is 0 Å². The second-order valence-corrected chi connectivity index (χ2v) is 9.78. The van der Waals surface area contributed by atoms with Crippen molar-refractivity contribution < 1.29 is 14.3 Å². The molecule has 0 spiro atoms. The van der Waals surface area contributed by atoms with Crippen molar-refractivity contribution >= 4 is 11.8 Å². The van der Waals surface area contributed by atoms with Crippen LogP contribution in [0.4, 0.5) is 0 Å². The Morgan fingerprint density at radius 1 is 1.08 bits per heavy atom. The highest BCUT2D eigenvalue weighted by atomic mass is 16.5. The zero-order chi connectivity index (χ0) is 17.1. The van der Waals surface area contributed by atoms with Crippen molar-refractivity contribution in [1.29, 1.82) is 0 Å². The molecule has 0 bridgehead atoms. The summed E-state index contributed by atoms with van der Waals surface area (Å²) in [5.41, 5.74) is 0.683. The molecule has 0 radical (unpaired) electrons. The molecule has 3 heteroatoms. The number of hydrogen-bond acceptors (Lipinski definition) is 3. The van der Waals surface area contributed by atoms with E-state index < -0.39 is 0 Å². The highest BCUT2D eigenvalue weighted by Crippen LogP contribution is 2.65. The number of carbonyl (C=O) groups excluding carboxylic acids is 2. The molecule has 0 amide bonds. The average molecular weight is 332 g/mol. The molecular formula is C21H32O3. The molecular weight excluding hydrogens is 300 g/mol. The summed E-state index contributed by atoms with van der Waals surface area (Å²) < 4.78 is 5.54. The molecule has 24 heavy (non-hydrogen) atoms. The predicted molar refractivity (Wildman–Crippen MR) is 92.3 cm³/mol. The Labute approximate surface area is 145 Å². The highest BCUT2D eigenvalue weighted by Gasteiger charge is 2.59. The molecule has 134 valence electrons. The lowest BCUT2D eigenvalue weighted by Crippen LogP contribution is -2.53. The summed E-state index contributed by atoms with van der Waals surface area (Å²) in [6.45, 7) is 6.42. The smallest absolute Gasteiger partial charge is 0.302 e. The van der Waals surface area contributed by atoms with Crippen molar-refractivity contribution in [3.63, 3.8) is 0 Å². The second-order valence-electron chi connectivity index (χ2n) is 9.78. The van der Waals surface area contributed by atoms with Crippen LogP contribution in [-0.2, 0) is 14.3 Å². The molecule has 4 aliphatic rings. The third-order valence-electron chi connectivity index (χ3n) is 8.52. The average Bonchev–Trinajstić information content (AvgIpc) is 2.81. The second kappa shape index (κ2) is 5.57. The molecule has 0 aliphatic heterocycles. The Morgan fingerprint density at radius 3 is 2.62 bits per heavy atom. The number of fused-ring (bicyclic) bond motifs is 5. The summed E-state index contributed by atoms with van der Waals surface area (Å²) in [6.07, 6.45) is 10.2. The zero-order valence-electron chi connectivity index (χ0n) is 15.5. The van der Waals surface area contributed by atoms with Gasteiger partial charge in [0.05, 0.1) is 0 Å². The Morgan fingerprint density at radius 2 is 1.88 bits per heavy atom. The summed E-state index contributed by atoms with van der Waals surface area (Å²) in [6, 6.07) is 0. The van der Waals surface area contributed by atoms with Gasteiger partial charge >= 0.3 is 5.97 Å². The molecule has 0 N–H and O–H groups in total. The quantitative estimate of drug-likeness (QED) is 0.663. The number of esters is 1.